The molecule has 3 N–H and O–H groups in total. The number of carbonyl (C=O) groups excluding carboxylic acids is 1. The first-order valence-electron chi connectivity index (χ1n) is 9.95. The first-order valence-corrected chi connectivity index (χ1v) is 9.95. The van der Waals surface area contributed by atoms with Crippen molar-refractivity contribution in [2.24, 2.45) is 5.92 Å². The van der Waals surface area contributed by atoms with Crippen LogP contribution in [0.3, 0.4) is 0 Å². The van der Waals surface area contributed by atoms with Crippen LogP contribution in [-0.4, -0.2) is 34.3 Å². The lowest BCUT2D eigenvalue weighted by molar-refractivity contribution is -0.121. The Morgan fingerprint density at radius 1 is 1.22 bits per heavy atom. The van der Waals surface area contributed by atoms with Crippen LogP contribution in [0.5, 0.6) is 0 Å². The van der Waals surface area contributed by atoms with Gasteiger partial charge in [-0.3, -0.25) is 20.4 Å². The Labute approximate surface area is 158 Å². The van der Waals surface area contributed by atoms with Crippen molar-refractivity contribution < 1.29 is 4.79 Å². The molecule has 0 spiro atoms. The van der Waals surface area contributed by atoms with Crippen molar-refractivity contribution in [3.63, 3.8) is 0 Å². The van der Waals surface area contributed by atoms with E-state index in [0.717, 1.165) is 11.8 Å². The maximum atomic E-state index is 12.4. The maximum absolute atomic E-state index is 12.4. The molecule has 2 heterocycles. The van der Waals surface area contributed by atoms with E-state index in [1.54, 1.807) is 12.3 Å². The van der Waals surface area contributed by atoms with Crippen LogP contribution in [0.15, 0.2) is 35.3 Å². The van der Waals surface area contributed by atoms with Gasteiger partial charge >= 0.3 is 0 Å². The lowest BCUT2D eigenvalue weighted by Crippen LogP contribution is -2.35. The fraction of sp³-hybridized carbons (Fsp3) is 0.550. The van der Waals surface area contributed by atoms with E-state index in [4.69, 9.17) is 0 Å². The van der Waals surface area contributed by atoms with Crippen molar-refractivity contribution in [1.29, 1.82) is 0 Å². The highest BCUT2D eigenvalue weighted by atomic mass is 16.1. The van der Waals surface area contributed by atoms with Crippen LogP contribution in [0.1, 0.15) is 38.5 Å². The molecule has 2 fully saturated rings. The fourth-order valence-corrected chi connectivity index (χ4v) is 4.39. The number of hydrazine groups is 1. The summed E-state index contributed by atoms with van der Waals surface area (Å²) < 4.78 is 1.41. The number of hydrogen-bond donors (Lipinski definition) is 3. The molecule has 1 aromatic heterocycles. The zero-order valence-corrected chi connectivity index (χ0v) is 15.5. The monoisotopic (exact) mass is 369 g/mol. The zero-order valence-electron chi connectivity index (χ0n) is 15.5. The topological polar surface area (TPSA) is 88.1 Å². The van der Waals surface area contributed by atoms with Crippen molar-refractivity contribution in [1.82, 2.24) is 25.9 Å². The van der Waals surface area contributed by atoms with Crippen molar-refractivity contribution in [3.8, 4) is 0 Å². The van der Waals surface area contributed by atoms with Gasteiger partial charge in [-0.2, -0.15) is 5.10 Å². The molecule has 1 aliphatic heterocycles. The van der Waals surface area contributed by atoms with Crippen molar-refractivity contribution in [2.75, 3.05) is 6.54 Å². The van der Waals surface area contributed by atoms with Crippen LogP contribution >= 0.6 is 0 Å². The number of hydrogen-bond acceptors (Lipinski definition) is 5. The molecule has 1 saturated heterocycles. The standard InChI is InChI=1S/C20H27N5O2/c26-19(10-9-18-16-7-3-4-8-17(16)23-24-18)21-11-12-25-20(27)15-6-2-1-5-14(15)13-22-25/h1-2,5-6,13,16-18,23-24H,3-4,7-12H2,(H,21,26). The summed E-state index contributed by atoms with van der Waals surface area (Å²) in [5, 5.41) is 8.60. The highest BCUT2D eigenvalue weighted by Crippen LogP contribution is 2.31. The summed E-state index contributed by atoms with van der Waals surface area (Å²) in [6, 6.07) is 8.36. The minimum Gasteiger partial charge on any atom is -0.354 e. The number of nitrogens with zero attached hydrogens (tertiary/aromatic N) is 2. The van der Waals surface area contributed by atoms with Crippen molar-refractivity contribution in [2.45, 2.75) is 57.2 Å². The van der Waals surface area contributed by atoms with E-state index in [0.29, 0.717) is 42.9 Å². The van der Waals surface area contributed by atoms with E-state index < -0.39 is 0 Å². The van der Waals surface area contributed by atoms with Gasteiger partial charge in [-0.1, -0.05) is 31.0 Å². The van der Waals surface area contributed by atoms with E-state index >= 15 is 0 Å². The quantitative estimate of drug-likeness (QED) is 0.715. The van der Waals surface area contributed by atoms with E-state index in [2.05, 4.69) is 21.3 Å². The normalized spacial score (nSPS) is 24.7. The average Bonchev–Trinajstić information content (AvgIpc) is 3.11. The van der Waals surface area contributed by atoms with Crippen LogP contribution in [0.2, 0.25) is 0 Å². The molecule has 1 aromatic carbocycles. The molecule has 0 radical (unpaired) electrons. The van der Waals surface area contributed by atoms with Gasteiger partial charge in [0.15, 0.2) is 0 Å². The molecular formula is C20H27N5O2. The molecule has 27 heavy (non-hydrogen) atoms. The summed E-state index contributed by atoms with van der Waals surface area (Å²) >= 11 is 0. The first-order chi connectivity index (χ1) is 13.2. The van der Waals surface area contributed by atoms with Gasteiger partial charge in [-0.05, 0) is 31.2 Å². The number of rotatable bonds is 6. The van der Waals surface area contributed by atoms with Gasteiger partial charge in [0, 0.05) is 30.4 Å². The van der Waals surface area contributed by atoms with Gasteiger partial charge in [0.1, 0.15) is 0 Å². The molecule has 1 aliphatic carbocycles. The molecule has 144 valence electrons. The lowest BCUT2D eigenvalue weighted by Gasteiger charge is -2.27. The lowest BCUT2D eigenvalue weighted by atomic mass is 9.80. The summed E-state index contributed by atoms with van der Waals surface area (Å²) in [7, 11) is 0. The Balaban J connectivity index is 1.24. The second-order valence-corrected chi connectivity index (χ2v) is 7.60. The Bertz CT molecular complexity index is 865. The average molecular weight is 369 g/mol. The minimum atomic E-state index is -0.119. The Morgan fingerprint density at radius 3 is 3.00 bits per heavy atom. The number of aromatic nitrogens is 2. The third-order valence-corrected chi connectivity index (χ3v) is 5.88. The zero-order chi connectivity index (χ0) is 18.6. The molecule has 1 amide bonds. The van der Waals surface area contributed by atoms with Crippen LogP contribution in [0.25, 0.3) is 10.8 Å². The first kappa shape index (κ1) is 18.1. The van der Waals surface area contributed by atoms with Crippen LogP contribution in [0.4, 0.5) is 0 Å². The van der Waals surface area contributed by atoms with E-state index in [-0.39, 0.29) is 11.5 Å². The van der Waals surface area contributed by atoms with Crippen LogP contribution in [0, 0.1) is 5.92 Å². The van der Waals surface area contributed by atoms with Gasteiger partial charge < -0.3 is 5.32 Å². The Kier molecular flexibility index (Phi) is 5.50. The van der Waals surface area contributed by atoms with Gasteiger partial charge in [0.2, 0.25) is 5.91 Å². The van der Waals surface area contributed by atoms with Crippen molar-refractivity contribution >= 4 is 16.7 Å². The van der Waals surface area contributed by atoms with Crippen LogP contribution in [-0.2, 0) is 11.3 Å². The van der Waals surface area contributed by atoms with Gasteiger partial charge in [0.05, 0.1) is 18.1 Å². The highest BCUT2D eigenvalue weighted by Gasteiger charge is 2.36. The molecule has 4 rings (SSSR count). The predicted molar refractivity (Wildman–Crippen MR) is 104 cm³/mol. The summed E-state index contributed by atoms with van der Waals surface area (Å²) in [5.74, 6) is 0.678. The number of carbonyl (C=O) groups is 1. The number of nitrogens with one attached hydrogen (secondary N) is 3. The molecule has 3 atom stereocenters. The number of benzene rings is 1. The Hall–Kier alpha value is -2.25. The minimum absolute atomic E-state index is 0.0323. The maximum Gasteiger partial charge on any atom is 0.274 e. The second-order valence-electron chi connectivity index (χ2n) is 7.60. The van der Waals surface area contributed by atoms with Gasteiger partial charge in [-0.15, -0.1) is 0 Å². The van der Waals surface area contributed by atoms with Gasteiger partial charge in [-0.25, -0.2) is 4.68 Å². The second kappa shape index (κ2) is 8.19. The summed E-state index contributed by atoms with van der Waals surface area (Å²) in [6.45, 7) is 0.788. The molecule has 2 aromatic rings. The van der Waals surface area contributed by atoms with Crippen molar-refractivity contribution in [3.05, 3.63) is 40.8 Å². The molecule has 0 bridgehead atoms. The fourth-order valence-electron chi connectivity index (χ4n) is 4.39. The van der Waals surface area contributed by atoms with Gasteiger partial charge in [0.25, 0.3) is 5.56 Å². The molecule has 1 saturated carbocycles. The third kappa shape index (κ3) is 4.04. The van der Waals surface area contributed by atoms with E-state index in [1.807, 2.05) is 18.2 Å². The highest BCUT2D eigenvalue weighted by molar-refractivity contribution is 5.80. The molecular weight excluding hydrogens is 342 g/mol. The molecule has 7 heteroatoms. The smallest absolute Gasteiger partial charge is 0.274 e. The van der Waals surface area contributed by atoms with E-state index in [1.165, 1.54) is 30.4 Å². The van der Waals surface area contributed by atoms with Crippen LogP contribution < -0.4 is 21.7 Å². The third-order valence-electron chi connectivity index (χ3n) is 5.88. The Morgan fingerprint density at radius 2 is 2.07 bits per heavy atom. The summed E-state index contributed by atoms with van der Waals surface area (Å²) in [4.78, 5) is 24.6. The molecule has 3 unspecified atom stereocenters. The SMILES string of the molecule is O=C(CCC1NNC2CCCCC21)NCCn1ncc2ccccc2c1=O. The largest absolute Gasteiger partial charge is 0.354 e. The summed E-state index contributed by atoms with van der Waals surface area (Å²) in [5.41, 5.74) is 6.65. The molecule has 2 aliphatic rings. The summed E-state index contributed by atoms with van der Waals surface area (Å²) in [6.07, 6.45) is 8.10. The predicted octanol–water partition coefficient (Wildman–Crippen LogP) is 1.33. The number of fused-ring (bicyclic) bond motifs is 2. The number of amides is 1. The molecule has 7 nitrogen and oxygen atoms in total. The van der Waals surface area contributed by atoms with E-state index in [9.17, 15) is 9.59 Å².